The van der Waals surface area contributed by atoms with Crippen LogP contribution < -0.4 is 36.9 Å². The van der Waals surface area contributed by atoms with Crippen molar-refractivity contribution in [1.82, 2.24) is 31.1 Å². The van der Waals surface area contributed by atoms with E-state index in [0.29, 0.717) is 15.9 Å². The van der Waals surface area contributed by atoms with Gasteiger partial charge in [0.1, 0.15) is 48.5 Å². The van der Waals surface area contributed by atoms with Crippen molar-refractivity contribution in [2.75, 3.05) is 13.1 Å². The zero-order valence-electron chi connectivity index (χ0n) is 33.9. The average molecular weight is 937 g/mol. The minimum atomic E-state index is -5.30. The average Bonchev–Trinajstić information content (AvgIpc) is 3.74. The number of carbonyl (C=O) groups excluding carboxylic acids is 7. The van der Waals surface area contributed by atoms with Gasteiger partial charge in [-0.2, -0.15) is 8.42 Å². The molecule has 28 nitrogen and oxygen atoms in total. The van der Waals surface area contributed by atoms with Gasteiger partial charge in [0, 0.05) is 31.8 Å². The third-order valence-electron chi connectivity index (χ3n) is 10.8. The van der Waals surface area contributed by atoms with Crippen molar-refractivity contribution < 1.29 is 96.7 Å². The first-order valence-corrected chi connectivity index (χ1v) is 20.8. The van der Waals surface area contributed by atoms with Gasteiger partial charge in [-0.1, -0.05) is 13.0 Å². The van der Waals surface area contributed by atoms with Crippen LogP contribution in [0.4, 0.5) is 0 Å². The lowest BCUT2D eigenvalue weighted by molar-refractivity contribution is -0.149. The molecule has 0 saturated carbocycles. The fourth-order valence-corrected chi connectivity index (χ4v) is 7.77. The van der Waals surface area contributed by atoms with E-state index in [1.807, 2.05) is 10.6 Å². The number of nitrogens with two attached hydrogens (primary N) is 2. The predicted molar refractivity (Wildman–Crippen MR) is 208 cm³/mol. The van der Waals surface area contributed by atoms with Crippen LogP contribution in [0.25, 0.3) is 0 Å². The Labute approximate surface area is 363 Å². The number of aliphatic hydroxyl groups is 8. The van der Waals surface area contributed by atoms with Crippen LogP contribution in [0, 0.1) is 5.92 Å². The van der Waals surface area contributed by atoms with E-state index >= 15 is 0 Å². The van der Waals surface area contributed by atoms with Gasteiger partial charge in [0.05, 0.1) is 36.9 Å². The summed E-state index contributed by atoms with van der Waals surface area (Å²) in [5.41, 5.74) is 10.6. The first-order chi connectivity index (χ1) is 29.6. The van der Waals surface area contributed by atoms with Crippen LogP contribution in [0.2, 0.25) is 0 Å². The minimum Gasteiger partial charge on any atom is -0.504 e. The van der Waals surface area contributed by atoms with Gasteiger partial charge in [0.15, 0.2) is 17.7 Å². The summed E-state index contributed by atoms with van der Waals surface area (Å²) in [6.45, 7) is 1.26. The zero-order chi connectivity index (χ0) is 48.3. The number of phenols is 1. The molecule has 0 bridgehead atoms. The first-order valence-electron chi connectivity index (χ1n) is 19.4. The molecule has 1 aromatic carbocycles. The van der Waals surface area contributed by atoms with E-state index in [1.54, 1.807) is 0 Å². The second kappa shape index (κ2) is 20.7. The molecule has 3 saturated heterocycles. The van der Waals surface area contributed by atoms with Crippen LogP contribution in [-0.2, 0) is 44.0 Å². The van der Waals surface area contributed by atoms with Crippen LogP contribution >= 0.6 is 0 Å². The largest absolute Gasteiger partial charge is 0.504 e. The smallest absolute Gasteiger partial charge is 0.446 e. The van der Waals surface area contributed by atoms with Crippen LogP contribution in [-0.4, -0.2) is 202 Å². The van der Waals surface area contributed by atoms with Gasteiger partial charge in [-0.15, -0.1) is 0 Å². The van der Waals surface area contributed by atoms with Gasteiger partial charge >= 0.3 is 10.4 Å². The van der Waals surface area contributed by atoms with E-state index in [2.05, 4.69) is 14.8 Å². The molecule has 15 atom stereocenters. The molecule has 18 N–H and O–H groups in total. The van der Waals surface area contributed by atoms with Crippen molar-refractivity contribution >= 4 is 51.7 Å². The Morgan fingerprint density at radius 3 is 2.03 bits per heavy atom. The molecule has 358 valence electrons. The van der Waals surface area contributed by atoms with E-state index in [1.165, 1.54) is 6.92 Å². The summed E-state index contributed by atoms with van der Waals surface area (Å²) in [5.74, 6) is -12.4. The first kappa shape index (κ1) is 51.3. The van der Waals surface area contributed by atoms with Gasteiger partial charge in [0.2, 0.25) is 41.4 Å². The monoisotopic (exact) mass is 936 g/mol. The van der Waals surface area contributed by atoms with Crippen molar-refractivity contribution in [2.45, 2.75) is 118 Å². The van der Waals surface area contributed by atoms with E-state index in [9.17, 15) is 87.9 Å². The summed E-state index contributed by atoms with van der Waals surface area (Å²) in [6, 6.07) is -10.2. The molecule has 4 rings (SSSR count). The van der Waals surface area contributed by atoms with Crippen molar-refractivity contribution in [3.63, 3.8) is 0 Å². The highest BCUT2D eigenvalue weighted by Gasteiger charge is 2.50. The lowest BCUT2D eigenvalue weighted by atomic mass is 9.96. The molecule has 2 unspecified atom stereocenters. The highest BCUT2D eigenvalue weighted by atomic mass is 32.3. The SMILES string of the molecule is C[C@@H](O)[C@@H]1NC(=O)[C@@H](N)C[C@@H](O)[C@@H](O)NC(=O)C2[C@@H](O)[C@@H](C)CN2C(=O)[C@H]([C@H](O)CC(N)=O)NC(=O)[C@H]([C@H](O)[C@@H](O)c2ccc(O)c(OS(=O)(=O)O)c2)NC(=O)C2C[C@@H](O)CN2C1=O. The minimum absolute atomic E-state index is 0.508. The topological polar surface area (TPSA) is 472 Å². The number of fused-ring (bicyclic) bond motifs is 2. The molecule has 0 aromatic heterocycles. The Balaban J connectivity index is 1.88. The molecule has 7 amide bonds. The van der Waals surface area contributed by atoms with Crippen molar-refractivity contribution in [2.24, 2.45) is 17.4 Å². The molecule has 3 fully saturated rings. The van der Waals surface area contributed by atoms with E-state index in [4.69, 9.17) is 16.0 Å². The number of rotatable bonds is 9. The number of nitrogens with one attached hydrogen (secondary N) is 4. The molecule has 3 aliphatic rings. The molecule has 0 spiro atoms. The second-order valence-corrected chi connectivity index (χ2v) is 16.8. The maximum atomic E-state index is 14.3. The van der Waals surface area contributed by atoms with Gasteiger partial charge in [0.25, 0.3) is 0 Å². The molecule has 64 heavy (non-hydrogen) atoms. The van der Waals surface area contributed by atoms with Crippen molar-refractivity contribution in [3.8, 4) is 11.5 Å². The standard InChI is InChI=1S/C35H52N8O20S/c1-11-9-43-25(26(11)50)33(57)41-31(55)19(48)7-15(36)29(53)38-22(12(2)44)34(58)42-10-14(45)6-16(42)30(54)40-24(32(56)39-23(35(43)59)18(47)8-21(37)49)28(52)27(51)13-3-4-17(46)20(5-13)63-64(60,61)62/h3-5,11-12,14-16,18-19,22-28,31,44-48,50-52,55H,6-10,36H2,1-2H3,(H2,37,49)(H,38,53)(H,39,56)(H,40,54)(H,41,57)(H,60,61,62)/t11-,12+,14+,15-,16?,18+,19+,22-,23-,24-,25?,26-,27-,28-,31+/m0/s1. The number of nitrogens with zero attached hydrogens (tertiary/aromatic N) is 2. The van der Waals surface area contributed by atoms with Crippen LogP contribution in [0.1, 0.15) is 44.8 Å². The third-order valence-corrected chi connectivity index (χ3v) is 11.2. The highest BCUT2D eigenvalue weighted by Crippen LogP contribution is 2.32. The van der Waals surface area contributed by atoms with Gasteiger partial charge in [-0.05, 0) is 24.6 Å². The summed E-state index contributed by atoms with van der Waals surface area (Å²) in [5, 5.41) is 106. The fraction of sp³-hybridized carbons (Fsp3) is 0.629. The zero-order valence-corrected chi connectivity index (χ0v) is 34.8. The molecule has 0 aliphatic carbocycles. The summed E-state index contributed by atoms with van der Waals surface area (Å²) < 4.78 is 36.2. The van der Waals surface area contributed by atoms with Gasteiger partial charge < -0.3 is 92.7 Å². The normalized spacial score (nSPS) is 32.4. The fourth-order valence-electron chi connectivity index (χ4n) is 7.41. The van der Waals surface area contributed by atoms with E-state index < -0.39 is 192 Å². The Morgan fingerprint density at radius 1 is 0.844 bits per heavy atom. The van der Waals surface area contributed by atoms with Crippen molar-refractivity contribution in [1.29, 1.82) is 0 Å². The molecule has 3 aliphatic heterocycles. The molecule has 1 aromatic rings. The Hall–Kier alpha value is -5.34. The lowest BCUT2D eigenvalue weighted by Crippen LogP contribution is -2.64. The summed E-state index contributed by atoms with van der Waals surface area (Å²) >= 11 is 0. The maximum absolute atomic E-state index is 14.3. The number of aromatic hydroxyl groups is 1. The van der Waals surface area contributed by atoms with Crippen LogP contribution in [0.3, 0.4) is 0 Å². The number of carbonyl (C=O) groups is 7. The Bertz CT molecular complexity index is 2060. The highest BCUT2D eigenvalue weighted by molar-refractivity contribution is 7.81. The number of hydrogen-bond donors (Lipinski definition) is 16. The van der Waals surface area contributed by atoms with Crippen LogP contribution in [0.15, 0.2) is 18.2 Å². The van der Waals surface area contributed by atoms with Crippen molar-refractivity contribution in [3.05, 3.63) is 23.8 Å². The Kier molecular flexibility index (Phi) is 16.6. The number of benzene rings is 1. The van der Waals surface area contributed by atoms with Gasteiger partial charge in [-0.25, -0.2) is 0 Å². The molecular formula is C35H52N8O20S. The maximum Gasteiger partial charge on any atom is 0.446 e. The summed E-state index contributed by atoms with van der Waals surface area (Å²) in [7, 11) is -5.30. The molecular weight excluding hydrogens is 884 g/mol. The quantitative estimate of drug-likeness (QED) is 0.102. The molecule has 29 heteroatoms. The third kappa shape index (κ3) is 12.1. The summed E-state index contributed by atoms with van der Waals surface area (Å²) in [4.78, 5) is 96.6. The predicted octanol–water partition coefficient (Wildman–Crippen LogP) is -9.26. The second-order valence-electron chi connectivity index (χ2n) is 15.8. The number of amides is 7. The molecule has 0 radical (unpaired) electrons. The van der Waals surface area contributed by atoms with E-state index in [-0.39, 0.29) is 0 Å². The number of phenolic OH excluding ortho intramolecular Hbond substituents is 1. The molecule has 3 heterocycles. The van der Waals surface area contributed by atoms with E-state index in [0.717, 1.165) is 19.1 Å². The van der Waals surface area contributed by atoms with Crippen LogP contribution in [0.5, 0.6) is 11.5 Å². The number of primary amides is 1. The number of aliphatic hydroxyl groups excluding tert-OH is 8. The lowest BCUT2D eigenvalue weighted by Gasteiger charge is -2.34. The number of hydrogen-bond acceptors (Lipinski definition) is 20. The Morgan fingerprint density at radius 2 is 1.44 bits per heavy atom. The van der Waals surface area contributed by atoms with Gasteiger partial charge in [-0.3, -0.25) is 38.1 Å². The summed E-state index contributed by atoms with van der Waals surface area (Å²) in [6.07, 6.45) is -19.1.